The van der Waals surface area contributed by atoms with E-state index in [1.807, 2.05) is 6.20 Å². The summed E-state index contributed by atoms with van der Waals surface area (Å²) in [6.45, 7) is 3.58. The van der Waals surface area contributed by atoms with Crippen LogP contribution in [0.15, 0.2) is 12.4 Å². The summed E-state index contributed by atoms with van der Waals surface area (Å²) in [5, 5.41) is 2.95. The molecule has 19 heavy (non-hydrogen) atoms. The molecule has 0 bridgehead atoms. The molecule has 0 aliphatic heterocycles. The summed E-state index contributed by atoms with van der Waals surface area (Å²) in [6.07, 6.45) is 9.02. The Labute approximate surface area is 115 Å². The molecule has 0 aliphatic carbocycles. The molecule has 0 radical (unpaired) electrons. The Morgan fingerprint density at radius 1 is 1.53 bits per heavy atom. The van der Waals surface area contributed by atoms with Crippen LogP contribution in [0.4, 0.5) is 0 Å². The highest BCUT2D eigenvalue weighted by molar-refractivity contribution is 5.75. The van der Waals surface area contributed by atoms with Crippen molar-refractivity contribution in [3.8, 4) is 0 Å². The topological polar surface area (TPSA) is 83.8 Å². The van der Waals surface area contributed by atoms with E-state index in [1.54, 1.807) is 6.20 Å². The molecule has 4 N–H and O–H groups in total. The van der Waals surface area contributed by atoms with Crippen molar-refractivity contribution in [3.05, 3.63) is 18.2 Å². The van der Waals surface area contributed by atoms with Crippen LogP contribution in [0, 0.1) is 5.92 Å². The summed E-state index contributed by atoms with van der Waals surface area (Å²) in [4.78, 5) is 18.9. The van der Waals surface area contributed by atoms with Gasteiger partial charge in [-0.15, -0.1) is 0 Å². The minimum Gasteiger partial charge on any atom is -0.356 e. The summed E-state index contributed by atoms with van der Waals surface area (Å²) in [5.41, 5.74) is 5.55. The number of aryl methyl sites for hydroxylation is 1. The highest BCUT2D eigenvalue weighted by Crippen LogP contribution is 2.14. The first-order valence-corrected chi connectivity index (χ1v) is 7.21. The predicted molar refractivity (Wildman–Crippen MR) is 76.6 cm³/mol. The molecule has 0 aromatic carbocycles. The van der Waals surface area contributed by atoms with Gasteiger partial charge in [0.2, 0.25) is 5.91 Å². The number of aromatic nitrogens is 2. The van der Waals surface area contributed by atoms with Crippen LogP contribution in [0.25, 0.3) is 0 Å². The van der Waals surface area contributed by atoms with Crippen molar-refractivity contribution in [1.82, 2.24) is 15.3 Å². The van der Waals surface area contributed by atoms with Crippen molar-refractivity contribution in [2.45, 2.75) is 45.4 Å². The fraction of sp³-hybridized carbons (Fsp3) is 0.714. The third-order valence-corrected chi connectivity index (χ3v) is 3.40. The molecule has 1 heterocycles. The molecule has 5 nitrogen and oxygen atoms in total. The minimum absolute atomic E-state index is 0.148. The molecule has 1 atom stereocenters. The number of carbonyl (C=O) groups is 1. The number of carbonyl (C=O) groups excluding carboxylic acids is 1. The second kappa shape index (κ2) is 9.55. The van der Waals surface area contributed by atoms with Gasteiger partial charge >= 0.3 is 0 Å². The SMILES string of the molecule is CCC(CCN)CCC(=O)NCCCc1ncc[nH]1. The van der Waals surface area contributed by atoms with Gasteiger partial charge in [0.15, 0.2) is 0 Å². The number of hydrogen-bond donors (Lipinski definition) is 3. The van der Waals surface area contributed by atoms with Crippen molar-refractivity contribution in [3.63, 3.8) is 0 Å². The van der Waals surface area contributed by atoms with Gasteiger partial charge in [0, 0.05) is 31.8 Å². The Balaban J connectivity index is 2.04. The Bertz CT molecular complexity index is 337. The quantitative estimate of drug-likeness (QED) is 0.563. The van der Waals surface area contributed by atoms with Gasteiger partial charge in [-0.2, -0.15) is 0 Å². The third kappa shape index (κ3) is 6.96. The molecule has 0 fully saturated rings. The van der Waals surface area contributed by atoms with Crippen LogP contribution in [0.1, 0.15) is 44.9 Å². The molecule has 1 aromatic heterocycles. The van der Waals surface area contributed by atoms with E-state index in [2.05, 4.69) is 22.2 Å². The molecule has 1 aromatic rings. The number of imidazole rings is 1. The molecular weight excluding hydrogens is 240 g/mol. The van der Waals surface area contributed by atoms with Gasteiger partial charge in [-0.25, -0.2) is 4.98 Å². The highest BCUT2D eigenvalue weighted by Gasteiger charge is 2.08. The van der Waals surface area contributed by atoms with E-state index in [9.17, 15) is 4.79 Å². The van der Waals surface area contributed by atoms with Crippen molar-refractivity contribution in [1.29, 1.82) is 0 Å². The van der Waals surface area contributed by atoms with Crippen LogP contribution < -0.4 is 11.1 Å². The normalized spacial score (nSPS) is 12.3. The lowest BCUT2D eigenvalue weighted by molar-refractivity contribution is -0.121. The van der Waals surface area contributed by atoms with Gasteiger partial charge in [-0.1, -0.05) is 13.3 Å². The van der Waals surface area contributed by atoms with Gasteiger partial charge in [-0.3, -0.25) is 4.79 Å². The average Bonchev–Trinajstić information content (AvgIpc) is 2.92. The molecule has 0 aliphatic rings. The fourth-order valence-corrected chi connectivity index (χ4v) is 2.13. The van der Waals surface area contributed by atoms with Crippen molar-refractivity contribution < 1.29 is 4.79 Å². The van der Waals surface area contributed by atoms with Crippen LogP contribution in [0.2, 0.25) is 0 Å². The molecule has 0 spiro atoms. The van der Waals surface area contributed by atoms with Gasteiger partial charge in [-0.05, 0) is 31.7 Å². The highest BCUT2D eigenvalue weighted by atomic mass is 16.1. The predicted octanol–water partition coefficient (Wildman–Crippen LogP) is 1.61. The zero-order valence-electron chi connectivity index (χ0n) is 11.8. The maximum atomic E-state index is 11.7. The van der Waals surface area contributed by atoms with Gasteiger partial charge in [0.25, 0.3) is 0 Å². The summed E-state index contributed by atoms with van der Waals surface area (Å²) < 4.78 is 0. The van der Waals surface area contributed by atoms with E-state index in [1.165, 1.54) is 0 Å². The zero-order valence-corrected chi connectivity index (χ0v) is 11.8. The first kappa shape index (κ1) is 15.7. The number of nitrogens with one attached hydrogen (secondary N) is 2. The second-order valence-electron chi connectivity index (χ2n) is 4.88. The summed E-state index contributed by atoms with van der Waals surface area (Å²) in [6, 6.07) is 0. The molecule has 5 heteroatoms. The molecule has 1 rings (SSSR count). The molecule has 1 unspecified atom stereocenters. The number of amides is 1. The van der Waals surface area contributed by atoms with E-state index in [0.717, 1.165) is 37.9 Å². The van der Waals surface area contributed by atoms with Gasteiger partial charge in [0.05, 0.1) is 0 Å². The van der Waals surface area contributed by atoms with E-state index in [0.29, 0.717) is 25.4 Å². The van der Waals surface area contributed by atoms with Crippen LogP contribution in [-0.4, -0.2) is 29.0 Å². The Kier molecular flexibility index (Phi) is 7.89. The molecular formula is C14H26N4O. The van der Waals surface area contributed by atoms with Crippen LogP contribution in [-0.2, 0) is 11.2 Å². The summed E-state index contributed by atoms with van der Waals surface area (Å²) >= 11 is 0. The molecule has 1 amide bonds. The van der Waals surface area contributed by atoms with Crippen molar-refractivity contribution >= 4 is 5.91 Å². The number of nitrogens with two attached hydrogens (primary N) is 1. The molecule has 0 saturated heterocycles. The smallest absolute Gasteiger partial charge is 0.220 e. The average molecular weight is 266 g/mol. The largest absolute Gasteiger partial charge is 0.356 e. The van der Waals surface area contributed by atoms with E-state index < -0.39 is 0 Å². The Morgan fingerprint density at radius 2 is 2.37 bits per heavy atom. The number of aromatic amines is 1. The first-order valence-electron chi connectivity index (χ1n) is 7.21. The lowest BCUT2D eigenvalue weighted by atomic mass is 9.96. The van der Waals surface area contributed by atoms with Crippen LogP contribution in [0.3, 0.4) is 0 Å². The summed E-state index contributed by atoms with van der Waals surface area (Å²) in [5.74, 6) is 1.71. The Morgan fingerprint density at radius 3 is 3.00 bits per heavy atom. The van der Waals surface area contributed by atoms with Crippen LogP contribution in [0.5, 0.6) is 0 Å². The van der Waals surface area contributed by atoms with Crippen molar-refractivity contribution in [2.24, 2.45) is 11.7 Å². The monoisotopic (exact) mass is 266 g/mol. The maximum Gasteiger partial charge on any atom is 0.220 e. The number of nitrogens with zero attached hydrogens (tertiary/aromatic N) is 1. The van der Waals surface area contributed by atoms with E-state index >= 15 is 0 Å². The van der Waals surface area contributed by atoms with Gasteiger partial charge < -0.3 is 16.0 Å². The maximum absolute atomic E-state index is 11.7. The summed E-state index contributed by atoms with van der Waals surface area (Å²) in [7, 11) is 0. The second-order valence-corrected chi connectivity index (χ2v) is 4.88. The third-order valence-electron chi connectivity index (χ3n) is 3.40. The zero-order chi connectivity index (χ0) is 13.9. The Hall–Kier alpha value is -1.36. The fourth-order valence-electron chi connectivity index (χ4n) is 2.13. The van der Waals surface area contributed by atoms with E-state index in [4.69, 9.17) is 5.73 Å². The standard InChI is InChI=1S/C14H26N4O/c1-2-12(7-8-15)5-6-14(19)18-9-3-4-13-16-10-11-17-13/h10-12H,2-9,15H2,1H3,(H,16,17)(H,18,19). The van der Waals surface area contributed by atoms with Crippen molar-refractivity contribution in [2.75, 3.05) is 13.1 Å². The molecule has 0 saturated carbocycles. The lowest BCUT2D eigenvalue weighted by Gasteiger charge is -2.13. The first-order chi connectivity index (χ1) is 9.26. The number of H-pyrrole nitrogens is 1. The molecule has 108 valence electrons. The lowest BCUT2D eigenvalue weighted by Crippen LogP contribution is -2.25. The minimum atomic E-state index is 0.148. The van der Waals surface area contributed by atoms with Gasteiger partial charge in [0.1, 0.15) is 5.82 Å². The number of hydrogen-bond acceptors (Lipinski definition) is 3. The van der Waals surface area contributed by atoms with Crippen LogP contribution >= 0.6 is 0 Å². The number of rotatable bonds is 10. The van der Waals surface area contributed by atoms with E-state index in [-0.39, 0.29) is 5.91 Å².